The van der Waals surface area contributed by atoms with Crippen molar-refractivity contribution in [2.45, 2.75) is 45.3 Å². The molecule has 1 heterocycles. The molecule has 0 bridgehead atoms. The fourth-order valence-electron chi connectivity index (χ4n) is 3.07. The number of benzene rings is 1. The number of carbonyl (C=O) groups is 1. The number of rotatable bonds is 5. The first-order valence-electron chi connectivity index (χ1n) is 8.83. The third-order valence-corrected chi connectivity index (χ3v) is 4.41. The lowest BCUT2D eigenvalue weighted by molar-refractivity contribution is -0.137. The van der Waals surface area contributed by atoms with Gasteiger partial charge in [0, 0.05) is 17.8 Å². The molecule has 1 amide bonds. The molecule has 1 aromatic carbocycles. The Kier molecular flexibility index (Phi) is 5.57. The van der Waals surface area contributed by atoms with Crippen LogP contribution in [0.2, 0.25) is 0 Å². The molecule has 0 spiro atoms. The number of tetrazole rings is 1. The van der Waals surface area contributed by atoms with Crippen LogP contribution in [0.25, 0.3) is 11.4 Å². The Morgan fingerprint density at radius 1 is 1.30 bits per heavy atom. The minimum Gasteiger partial charge on any atom is -0.315 e. The summed E-state index contributed by atoms with van der Waals surface area (Å²) >= 11 is 0. The molecule has 0 saturated heterocycles. The Balaban J connectivity index is 1.74. The summed E-state index contributed by atoms with van der Waals surface area (Å²) in [6, 6.07) is 4.71. The third kappa shape index (κ3) is 4.53. The van der Waals surface area contributed by atoms with Crippen LogP contribution in [0.1, 0.15) is 38.2 Å². The Bertz CT molecular complexity index is 844. The number of carbonyl (C=O) groups excluding carboxylic acids is 1. The van der Waals surface area contributed by atoms with Crippen LogP contribution in [0, 0.1) is 0 Å². The van der Waals surface area contributed by atoms with E-state index < -0.39 is 11.7 Å². The minimum absolute atomic E-state index is 0.0498. The summed E-state index contributed by atoms with van der Waals surface area (Å²) in [5.41, 5.74) is 0.423. The molecule has 1 aliphatic rings. The lowest BCUT2D eigenvalue weighted by Gasteiger charge is -2.26. The molecule has 0 saturated carbocycles. The highest BCUT2D eigenvalue weighted by Crippen LogP contribution is 2.31. The number of nitrogens with zero attached hydrogens (tertiary/aromatic N) is 5. The number of halogens is 3. The first kappa shape index (κ1) is 19.1. The lowest BCUT2D eigenvalue weighted by Crippen LogP contribution is -2.34. The highest BCUT2D eigenvalue weighted by Gasteiger charge is 2.30. The SMILES string of the molecule is CCN(C(=O)Cn1nnc(-c2cccc(C(F)(F)F)c2)n1)C1=CCCCC1. The van der Waals surface area contributed by atoms with Gasteiger partial charge in [-0.15, -0.1) is 10.2 Å². The normalized spacial score (nSPS) is 14.7. The van der Waals surface area contributed by atoms with Crippen LogP contribution >= 0.6 is 0 Å². The van der Waals surface area contributed by atoms with E-state index in [-0.39, 0.29) is 23.8 Å². The summed E-state index contributed by atoms with van der Waals surface area (Å²) in [4.78, 5) is 15.4. The molecule has 1 aromatic heterocycles. The van der Waals surface area contributed by atoms with Gasteiger partial charge in [-0.3, -0.25) is 4.79 Å². The van der Waals surface area contributed by atoms with E-state index in [1.54, 1.807) is 4.90 Å². The van der Waals surface area contributed by atoms with Crippen molar-refractivity contribution in [3.05, 3.63) is 41.6 Å². The van der Waals surface area contributed by atoms with Gasteiger partial charge >= 0.3 is 6.18 Å². The zero-order valence-electron chi connectivity index (χ0n) is 14.9. The molecule has 6 nitrogen and oxygen atoms in total. The first-order valence-corrected chi connectivity index (χ1v) is 8.83. The van der Waals surface area contributed by atoms with Crippen LogP contribution in [0.15, 0.2) is 36.0 Å². The summed E-state index contributed by atoms with van der Waals surface area (Å²) in [5.74, 6) is -0.118. The fraction of sp³-hybridized carbons (Fsp3) is 0.444. The molecule has 0 atom stereocenters. The van der Waals surface area contributed by atoms with E-state index in [1.807, 2.05) is 6.92 Å². The van der Waals surface area contributed by atoms with Crippen LogP contribution in [0.5, 0.6) is 0 Å². The number of allylic oxidation sites excluding steroid dienone is 2. The second kappa shape index (κ2) is 7.89. The molecule has 144 valence electrons. The first-order chi connectivity index (χ1) is 12.9. The van der Waals surface area contributed by atoms with Crippen LogP contribution in [0.4, 0.5) is 13.2 Å². The van der Waals surface area contributed by atoms with Crippen molar-refractivity contribution < 1.29 is 18.0 Å². The van der Waals surface area contributed by atoms with Crippen molar-refractivity contribution in [1.82, 2.24) is 25.1 Å². The number of alkyl halides is 3. The fourth-order valence-corrected chi connectivity index (χ4v) is 3.07. The smallest absolute Gasteiger partial charge is 0.315 e. The van der Waals surface area contributed by atoms with Gasteiger partial charge in [-0.25, -0.2) is 0 Å². The Morgan fingerprint density at radius 2 is 2.11 bits per heavy atom. The second-order valence-corrected chi connectivity index (χ2v) is 6.30. The van der Waals surface area contributed by atoms with E-state index in [1.165, 1.54) is 12.1 Å². The Labute approximate surface area is 154 Å². The van der Waals surface area contributed by atoms with E-state index in [0.717, 1.165) is 48.3 Å². The maximum absolute atomic E-state index is 12.8. The van der Waals surface area contributed by atoms with Crippen molar-refractivity contribution in [2.24, 2.45) is 0 Å². The molecule has 27 heavy (non-hydrogen) atoms. The van der Waals surface area contributed by atoms with E-state index in [2.05, 4.69) is 21.5 Å². The molecule has 9 heteroatoms. The summed E-state index contributed by atoms with van der Waals surface area (Å²) in [7, 11) is 0. The van der Waals surface area contributed by atoms with Gasteiger partial charge in [0.25, 0.3) is 0 Å². The highest BCUT2D eigenvalue weighted by molar-refractivity contribution is 5.77. The van der Waals surface area contributed by atoms with E-state index in [0.29, 0.717) is 6.54 Å². The van der Waals surface area contributed by atoms with E-state index >= 15 is 0 Å². The summed E-state index contributed by atoms with van der Waals surface area (Å²) < 4.78 is 38.5. The summed E-state index contributed by atoms with van der Waals surface area (Å²) in [6.07, 6.45) is 1.63. The van der Waals surface area contributed by atoms with Gasteiger partial charge in [0.05, 0.1) is 5.56 Å². The van der Waals surface area contributed by atoms with Gasteiger partial charge in [-0.2, -0.15) is 18.0 Å². The largest absolute Gasteiger partial charge is 0.416 e. The third-order valence-electron chi connectivity index (χ3n) is 4.41. The predicted octanol–water partition coefficient (Wildman–Crippen LogP) is 3.67. The van der Waals surface area contributed by atoms with Crippen molar-refractivity contribution in [1.29, 1.82) is 0 Å². The van der Waals surface area contributed by atoms with Crippen molar-refractivity contribution in [3.63, 3.8) is 0 Å². The number of hydrogen-bond acceptors (Lipinski definition) is 4. The van der Waals surface area contributed by atoms with Crippen molar-refractivity contribution in [2.75, 3.05) is 6.54 Å². The van der Waals surface area contributed by atoms with Crippen molar-refractivity contribution in [3.8, 4) is 11.4 Å². The molecular formula is C18H20F3N5O. The van der Waals surface area contributed by atoms with Gasteiger partial charge < -0.3 is 4.90 Å². The lowest BCUT2D eigenvalue weighted by atomic mass is 10.0. The Morgan fingerprint density at radius 3 is 2.78 bits per heavy atom. The number of hydrogen-bond donors (Lipinski definition) is 0. The molecule has 3 rings (SSSR count). The van der Waals surface area contributed by atoms with Gasteiger partial charge in [-0.1, -0.05) is 18.2 Å². The molecule has 0 radical (unpaired) electrons. The maximum Gasteiger partial charge on any atom is 0.416 e. The zero-order chi connectivity index (χ0) is 19.4. The highest BCUT2D eigenvalue weighted by atomic mass is 19.4. The van der Waals surface area contributed by atoms with Crippen LogP contribution < -0.4 is 0 Å². The topological polar surface area (TPSA) is 63.9 Å². The molecule has 2 aromatic rings. The average molecular weight is 379 g/mol. The predicted molar refractivity (Wildman–Crippen MR) is 92.2 cm³/mol. The van der Waals surface area contributed by atoms with Gasteiger partial charge in [0.15, 0.2) is 0 Å². The van der Waals surface area contributed by atoms with Gasteiger partial charge in [0.2, 0.25) is 11.7 Å². The van der Waals surface area contributed by atoms with Gasteiger partial charge in [-0.05, 0) is 50.0 Å². The summed E-state index contributed by atoms with van der Waals surface area (Å²) in [6.45, 7) is 2.33. The van der Waals surface area contributed by atoms with Crippen LogP contribution in [0.3, 0.4) is 0 Å². The molecular weight excluding hydrogens is 359 g/mol. The molecule has 0 aliphatic heterocycles. The number of amides is 1. The zero-order valence-corrected chi connectivity index (χ0v) is 14.9. The summed E-state index contributed by atoms with van der Waals surface area (Å²) in [5, 5.41) is 11.7. The van der Waals surface area contributed by atoms with E-state index in [4.69, 9.17) is 0 Å². The molecule has 0 unspecified atom stereocenters. The molecule has 0 N–H and O–H groups in total. The van der Waals surface area contributed by atoms with Crippen LogP contribution in [-0.4, -0.2) is 37.6 Å². The Hall–Kier alpha value is -2.71. The maximum atomic E-state index is 12.8. The quantitative estimate of drug-likeness (QED) is 0.795. The standard InChI is InChI=1S/C18H20F3N5O/c1-2-25(15-9-4-3-5-10-15)16(27)12-26-23-17(22-24-26)13-7-6-8-14(11-13)18(19,20)21/h6-9,11H,2-5,10,12H2,1H3. The molecule has 1 aliphatic carbocycles. The van der Waals surface area contributed by atoms with Crippen LogP contribution in [-0.2, 0) is 17.5 Å². The molecule has 0 fully saturated rings. The monoisotopic (exact) mass is 379 g/mol. The average Bonchev–Trinajstić information content (AvgIpc) is 3.11. The second-order valence-electron chi connectivity index (χ2n) is 6.30. The van der Waals surface area contributed by atoms with Crippen molar-refractivity contribution >= 4 is 5.91 Å². The van der Waals surface area contributed by atoms with Gasteiger partial charge in [0.1, 0.15) is 6.54 Å². The number of aromatic nitrogens is 4. The minimum atomic E-state index is -4.45. The number of likely N-dealkylation sites (N-methyl/N-ethyl adjacent to an activating group) is 1. The van der Waals surface area contributed by atoms with E-state index in [9.17, 15) is 18.0 Å².